The van der Waals surface area contributed by atoms with Crippen LogP contribution in [0.25, 0.3) is 0 Å². The van der Waals surface area contributed by atoms with E-state index in [0.717, 1.165) is 0 Å². The first-order chi connectivity index (χ1) is 7.87. The number of hydrogen-bond acceptors (Lipinski definition) is 5. The molecule has 1 amide bonds. The lowest BCUT2D eigenvalue weighted by Crippen LogP contribution is -2.48. The van der Waals surface area contributed by atoms with Crippen LogP contribution < -0.4 is 10.6 Å². The predicted octanol–water partition coefficient (Wildman–Crippen LogP) is -1.35. The number of carbonyl (C=O) groups excluding carboxylic acids is 1. The summed E-state index contributed by atoms with van der Waals surface area (Å²) in [6.07, 6.45) is 0. The van der Waals surface area contributed by atoms with Crippen molar-refractivity contribution in [3.8, 4) is 0 Å². The van der Waals surface area contributed by atoms with Crippen LogP contribution in [0, 0.1) is 0 Å². The lowest BCUT2D eigenvalue weighted by Gasteiger charge is -2.27. The number of rotatable bonds is 9. The third-order valence-electron chi connectivity index (χ3n) is 2.09. The zero-order chi connectivity index (χ0) is 13.3. The van der Waals surface area contributed by atoms with Gasteiger partial charge in [-0.05, 0) is 21.0 Å². The molecular weight excluding hydrogens is 222 g/mol. The molecule has 0 spiro atoms. The molecule has 6 nitrogen and oxygen atoms in total. The van der Waals surface area contributed by atoms with Crippen molar-refractivity contribution in [3.05, 3.63) is 0 Å². The highest BCUT2D eigenvalue weighted by Gasteiger charge is 2.21. The van der Waals surface area contributed by atoms with Crippen LogP contribution in [-0.4, -0.2) is 75.5 Å². The summed E-state index contributed by atoms with van der Waals surface area (Å²) in [4.78, 5) is 13.3. The first kappa shape index (κ1) is 16.3. The molecule has 0 fully saturated rings. The minimum Gasteiger partial charge on any atom is -0.387 e. The fraction of sp³-hybridized carbons (Fsp3) is 0.909. The fourth-order valence-electron chi connectivity index (χ4n) is 1.46. The van der Waals surface area contributed by atoms with Crippen LogP contribution in [-0.2, 0) is 9.53 Å². The Bertz CT molecular complexity index is 220. The number of carbonyl (C=O) groups is 1. The Morgan fingerprint density at radius 3 is 2.65 bits per heavy atom. The molecule has 0 rings (SSSR count). The van der Waals surface area contributed by atoms with Crippen LogP contribution in [0.1, 0.15) is 6.92 Å². The van der Waals surface area contributed by atoms with E-state index >= 15 is 0 Å². The second-order valence-corrected chi connectivity index (χ2v) is 4.68. The normalized spacial score (nSPS) is 14.7. The van der Waals surface area contributed by atoms with Gasteiger partial charge in [0.15, 0.2) is 0 Å². The molecule has 0 aromatic rings. The standard InChI is InChI=1S/C11H25N3O3/c1-11(16,9-14(2)3)8-13-10(15)7-12-5-6-17-4/h12,16H,5-9H2,1-4H3,(H,13,15). The highest BCUT2D eigenvalue weighted by atomic mass is 16.5. The summed E-state index contributed by atoms with van der Waals surface area (Å²) in [6.45, 7) is 3.90. The average molecular weight is 247 g/mol. The Morgan fingerprint density at radius 2 is 2.12 bits per heavy atom. The van der Waals surface area contributed by atoms with Gasteiger partial charge in [0, 0.05) is 26.7 Å². The van der Waals surface area contributed by atoms with Crippen molar-refractivity contribution < 1.29 is 14.6 Å². The first-order valence-electron chi connectivity index (χ1n) is 5.71. The number of amides is 1. The van der Waals surface area contributed by atoms with Gasteiger partial charge in [0.1, 0.15) is 0 Å². The minimum atomic E-state index is -0.911. The molecule has 0 radical (unpaired) electrons. The summed E-state index contributed by atoms with van der Waals surface area (Å²) >= 11 is 0. The monoisotopic (exact) mass is 247 g/mol. The van der Waals surface area contributed by atoms with E-state index < -0.39 is 5.60 Å². The quantitative estimate of drug-likeness (QED) is 0.439. The third-order valence-corrected chi connectivity index (χ3v) is 2.09. The summed E-state index contributed by atoms with van der Waals surface area (Å²) in [6, 6.07) is 0. The van der Waals surface area contributed by atoms with Crippen molar-refractivity contribution in [2.75, 3.05) is 54.0 Å². The Kier molecular flexibility index (Phi) is 8.07. The van der Waals surface area contributed by atoms with Crippen LogP contribution in [0.5, 0.6) is 0 Å². The van der Waals surface area contributed by atoms with E-state index in [4.69, 9.17) is 4.74 Å². The maximum atomic E-state index is 11.4. The predicted molar refractivity (Wildman–Crippen MR) is 66.9 cm³/mol. The van der Waals surface area contributed by atoms with Crippen molar-refractivity contribution in [2.45, 2.75) is 12.5 Å². The zero-order valence-corrected chi connectivity index (χ0v) is 11.2. The van der Waals surface area contributed by atoms with Gasteiger partial charge in [0.2, 0.25) is 5.91 Å². The van der Waals surface area contributed by atoms with Crippen LogP contribution >= 0.6 is 0 Å². The number of methoxy groups -OCH3 is 1. The molecule has 0 aliphatic carbocycles. The van der Waals surface area contributed by atoms with Crippen LogP contribution in [0.2, 0.25) is 0 Å². The van der Waals surface area contributed by atoms with E-state index in [0.29, 0.717) is 19.7 Å². The molecule has 17 heavy (non-hydrogen) atoms. The highest BCUT2D eigenvalue weighted by Crippen LogP contribution is 2.01. The van der Waals surface area contributed by atoms with E-state index in [-0.39, 0.29) is 19.0 Å². The second-order valence-electron chi connectivity index (χ2n) is 4.68. The number of hydrogen-bond donors (Lipinski definition) is 3. The topological polar surface area (TPSA) is 73.8 Å². The summed E-state index contributed by atoms with van der Waals surface area (Å²) < 4.78 is 4.84. The molecule has 0 bridgehead atoms. The van der Waals surface area contributed by atoms with Gasteiger partial charge in [0.25, 0.3) is 0 Å². The van der Waals surface area contributed by atoms with E-state index in [2.05, 4.69) is 10.6 Å². The average Bonchev–Trinajstić information content (AvgIpc) is 2.20. The van der Waals surface area contributed by atoms with Gasteiger partial charge < -0.3 is 25.4 Å². The molecule has 1 atom stereocenters. The smallest absolute Gasteiger partial charge is 0.234 e. The molecule has 0 aromatic carbocycles. The van der Waals surface area contributed by atoms with Crippen LogP contribution in [0.3, 0.4) is 0 Å². The molecular formula is C11H25N3O3. The molecule has 0 aliphatic heterocycles. The maximum Gasteiger partial charge on any atom is 0.234 e. The van der Waals surface area contributed by atoms with Gasteiger partial charge in [-0.25, -0.2) is 0 Å². The number of nitrogens with one attached hydrogen (secondary N) is 2. The Hall–Kier alpha value is -0.690. The molecule has 0 heterocycles. The van der Waals surface area contributed by atoms with Gasteiger partial charge >= 0.3 is 0 Å². The van der Waals surface area contributed by atoms with Gasteiger partial charge in [-0.2, -0.15) is 0 Å². The zero-order valence-electron chi connectivity index (χ0n) is 11.2. The largest absolute Gasteiger partial charge is 0.387 e. The molecule has 1 unspecified atom stereocenters. The highest BCUT2D eigenvalue weighted by molar-refractivity contribution is 5.78. The summed E-state index contributed by atoms with van der Waals surface area (Å²) in [7, 11) is 5.37. The van der Waals surface area contributed by atoms with Gasteiger partial charge in [-0.1, -0.05) is 0 Å². The minimum absolute atomic E-state index is 0.125. The molecule has 0 aliphatic rings. The number of nitrogens with zero attached hydrogens (tertiary/aromatic N) is 1. The lowest BCUT2D eigenvalue weighted by atomic mass is 10.1. The summed E-state index contributed by atoms with van der Waals surface area (Å²) in [5.74, 6) is -0.125. The van der Waals surface area contributed by atoms with Crippen molar-refractivity contribution in [2.24, 2.45) is 0 Å². The molecule has 3 N–H and O–H groups in total. The number of aliphatic hydroxyl groups is 1. The van der Waals surface area contributed by atoms with E-state index in [9.17, 15) is 9.90 Å². The summed E-state index contributed by atoms with van der Waals surface area (Å²) in [5, 5.41) is 15.6. The lowest BCUT2D eigenvalue weighted by molar-refractivity contribution is -0.121. The molecule has 0 aromatic heterocycles. The van der Waals surface area contributed by atoms with E-state index in [1.165, 1.54) is 0 Å². The van der Waals surface area contributed by atoms with Crippen molar-refractivity contribution >= 4 is 5.91 Å². The summed E-state index contributed by atoms with van der Waals surface area (Å²) in [5.41, 5.74) is -0.911. The van der Waals surface area contributed by atoms with Crippen LogP contribution in [0.4, 0.5) is 0 Å². The third kappa shape index (κ3) is 10.2. The number of ether oxygens (including phenoxy) is 1. The van der Waals surface area contributed by atoms with Gasteiger partial charge in [0.05, 0.1) is 18.8 Å². The van der Waals surface area contributed by atoms with Gasteiger partial charge in [-0.15, -0.1) is 0 Å². The Balaban J connectivity index is 3.68. The Labute approximate surface area is 103 Å². The van der Waals surface area contributed by atoms with Crippen LogP contribution in [0.15, 0.2) is 0 Å². The first-order valence-corrected chi connectivity index (χ1v) is 5.71. The molecule has 6 heteroatoms. The van der Waals surface area contributed by atoms with Gasteiger partial charge in [-0.3, -0.25) is 4.79 Å². The van der Waals surface area contributed by atoms with E-state index in [1.54, 1.807) is 14.0 Å². The fourth-order valence-corrected chi connectivity index (χ4v) is 1.46. The maximum absolute atomic E-state index is 11.4. The number of likely N-dealkylation sites (N-methyl/N-ethyl adjacent to an activating group) is 1. The molecule has 0 saturated carbocycles. The Morgan fingerprint density at radius 1 is 1.47 bits per heavy atom. The SMILES string of the molecule is COCCNCC(=O)NCC(C)(O)CN(C)C. The van der Waals surface area contributed by atoms with Crippen molar-refractivity contribution in [3.63, 3.8) is 0 Å². The van der Waals surface area contributed by atoms with E-state index in [1.807, 2.05) is 19.0 Å². The van der Waals surface area contributed by atoms with Crippen molar-refractivity contribution in [1.29, 1.82) is 0 Å². The molecule has 102 valence electrons. The van der Waals surface area contributed by atoms with Crippen molar-refractivity contribution in [1.82, 2.24) is 15.5 Å². The second kappa shape index (κ2) is 8.41. The molecule has 0 saturated heterocycles.